The summed E-state index contributed by atoms with van der Waals surface area (Å²) in [7, 11) is -4.67. The van der Waals surface area contributed by atoms with E-state index in [0.29, 0.717) is 0 Å². The van der Waals surface area contributed by atoms with Crippen LogP contribution in [0.5, 0.6) is 0 Å². The molecule has 2 aromatic carbocycles. The normalized spacial score (nSPS) is 13.1. The summed E-state index contributed by atoms with van der Waals surface area (Å²) >= 11 is 0. The van der Waals surface area contributed by atoms with Crippen molar-refractivity contribution in [2.24, 2.45) is 0 Å². The Bertz CT molecular complexity index is 735. The van der Waals surface area contributed by atoms with Crippen LogP contribution in [0.1, 0.15) is 24.1 Å². The average Bonchev–Trinajstić information content (AvgIpc) is 2.53. The summed E-state index contributed by atoms with van der Waals surface area (Å²) in [5.41, 5.74) is 2.30. The van der Waals surface area contributed by atoms with Crippen LogP contribution in [-0.2, 0) is 16.8 Å². The van der Waals surface area contributed by atoms with Gasteiger partial charge in [0.2, 0.25) is 0 Å². The van der Waals surface area contributed by atoms with Crippen LogP contribution in [0.4, 0.5) is 0 Å². The Balaban J connectivity index is 0.000000505. The smallest absolute Gasteiger partial charge is 0.295 e. The molecular weight excluding hydrogens is 328 g/mol. The Kier molecular flexibility index (Phi) is 8.09. The lowest BCUT2D eigenvalue weighted by Crippen LogP contribution is -2.31. The zero-order valence-corrected chi connectivity index (χ0v) is 14.0. The first kappa shape index (κ1) is 19.8. The lowest BCUT2D eigenvalue weighted by molar-refractivity contribution is 0.381. The van der Waals surface area contributed by atoms with E-state index in [9.17, 15) is 5.26 Å². The fraction of sp³-hybridized carbons (Fsp3) is 0.235. The highest BCUT2D eigenvalue weighted by Gasteiger charge is 2.13. The summed E-state index contributed by atoms with van der Waals surface area (Å²) in [5.74, 6) is 0. The zero-order chi connectivity index (χ0) is 18.0. The number of nitrogens with zero attached hydrogens (tertiary/aromatic N) is 1. The third-order valence-electron chi connectivity index (χ3n) is 3.10. The zero-order valence-electron chi connectivity index (χ0n) is 13.2. The first-order chi connectivity index (χ1) is 11.3. The van der Waals surface area contributed by atoms with Crippen molar-refractivity contribution in [2.45, 2.75) is 25.4 Å². The third kappa shape index (κ3) is 9.02. The Morgan fingerprint density at radius 3 is 1.96 bits per heavy atom. The van der Waals surface area contributed by atoms with Gasteiger partial charge in [-0.25, -0.2) is 0 Å². The molecular formula is C17H20N2O4S. The molecule has 6 nitrogen and oxygen atoms in total. The number of hydrogen-bond donors (Lipinski definition) is 3. The summed E-state index contributed by atoms with van der Waals surface area (Å²) < 4.78 is 31.6. The molecule has 2 rings (SSSR count). The molecule has 0 spiro atoms. The van der Waals surface area contributed by atoms with Gasteiger partial charge in [0.25, 0.3) is 0 Å². The van der Waals surface area contributed by atoms with E-state index in [1.165, 1.54) is 5.56 Å². The molecule has 0 saturated carbocycles. The molecule has 24 heavy (non-hydrogen) atoms. The van der Waals surface area contributed by atoms with Crippen molar-refractivity contribution >= 4 is 10.4 Å². The topological polar surface area (TPSA) is 110 Å². The van der Waals surface area contributed by atoms with Gasteiger partial charge in [0, 0.05) is 6.04 Å². The first-order valence-corrected chi connectivity index (χ1v) is 8.63. The molecule has 0 radical (unpaired) electrons. The summed E-state index contributed by atoms with van der Waals surface area (Å²) in [6.45, 7) is 2.11. The molecule has 7 heteroatoms. The Hall–Kier alpha value is -2.24. The highest BCUT2D eigenvalue weighted by molar-refractivity contribution is 7.79. The van der Waals surface area contributed by atoms with E-state index < -0.39 is 10.4 Å². The number of nitriles is 1. The molecule has 0 heterocycles. The minimum absolute atomic E-state index is 0.250. The highest BCUT2D eigenvalue weighted by atomic mass is 32.3. The average molecular weight is 348 g/mol. The van der Waals surface area contributed by atoms with Gasteiger partial charge in [-0.2, -0.15) is 13.7 Å². The minimum atomic E-state index is -4.67. The standard InChI is InChI=1S/C17H18N2.H2O4S/c1-14(12-15-8-4-2-5-9-15)19-17(13-18)16-10-6-3-7-11-16;1-5(2,3)4/h2-11,14,17,19H,12H2,1H3;(H2,1,2,3,4). The molecule has 0 aliphatic carbocycles. The molecule has 0 saturated heterocycles. The number of hydrogen-bond acceptors (Lipinski definition) is 4. The lowest BCUT2D eigenvalue weighted by atomic mass is 10.0. The summed E-state index contributed by atoms with van der Waals surface area (Å²) in [4.78, 5) is 0. The van der Waals surface area contributed by atoms with Gasteiger partial charge < -0.3 is 0 Å². The molecule has 0 aliphatic rings. The second-order valence-corrected chi connectivity index (χ2v) is 6.07. The van der Waals surface area contributed by atoms with Gasteiger partial charge >= 0.3 is 10.4 Å². The first-order valence-electron chi connectivity index (χ1n) is 7.24. The van der Waals surface area contributed by atoms with E-state index in [2.05, 4.69) is 30.4 Å². The Morgan fingerprint density at radius 1 is 1.04 bits per heavy atom. The maximum absolute atomic E-state index is 9.28. The minimum Gasteiger partial charge on any atom is -0.295 e. The molecule has 0 bridgehead atoms. The molecule has 2 aromatic rings. The summed E-state index contributed by atoms with van der Waals surface area (Å²) in [5, 5.41) is 12.7. The van der Waals surface area contributed by atoms with Gasteiger partial charge in [-0.15, -0.1) is 0 Å². The molecule has 0 fully saturated rings. The third-order valence-corrected chi connectivity index (χ3v) is 3.10. The van der Waals surface area contributed by atoms with Crippen molar-refractivity contribution in [3.63, 3.8) is 0 Å². The predicted molar refractivity (Wildman–Crippen MR) is 91.7 cm³/mol. The predicted octanol–water partition coefficient (Wildman–Crippen LogP) is 2.82. The lowest BCUT2D eigenvalue weighted by Gasteiger charge is -2.18. The number of rotatable bonds is 5. The second-order valence-electron chi connectivity index (χ2n) is 5.18. The van der Waals surface area contributed by atoms with Crippen molar-refractivity contribution in [2.75, 3.05) is 0 Å². The van der Waals surface area contributed by atoms with Crippen LogP contribution < -0.4 is 5.32 Å². The van der Waals surface area contributed by atoms with E-state index in [1.807, 2.05) is 48.5 Å². The van der Waals surface area contributed by atoms with E-state index in [0.717, 1.165) is 12.0 Å². The molecule has 0 aliphatic heterocycles. The monoisotopic (exact) mass is 348 g/mol. The van der Waals surface area contributed by atoms with E-state index >= 15 is 0 Å². The van der Waals surface area contributed by atoms with Crippen molar-refractivity contribution in [1.29, 1.82) is 5.26 Å². The molecule has 3 N–H and O–H groups in total. The fourth-order valence-electron chi connectivity index (χ4n) is 2.16. The van der Waals surface area contributed by atoms with Crippen molar-refractivity contribution in [3.8, 4) is 6.07 Å². The van der Waals surface area contributed by atoms with Crippen LogP contribution in [0.3, 0.4) is 0 Å². The van der Waals surface area contributed by atoms with Crippen LogP contribution in [-0.4, -0.2) is 23.6 Å². The second kappa shape index (κ2) is 9.80. The summed E-state index contributed by atoms with van der Waals surface area (Å²) in [6.07, 6.45) is 0.922. The van der Waals surface area contributed by atoms with E-state index in [-0.39, 0.29) is 12.1 Å². The molecule has 0 aromatic heterocycles. The number of benzene rings is 2. The van der Waals surface area contributed by atoms with Crippen molar-refractivity contribution < 1.29 is 17.5 Å². The van der Waals surface area contributed by atoms with Crippen LogP contribution in [0.25, 0.3) is 0 Å². The van der Waals surface area contributed by atoms with E-state index in [4.69, 9.17) is 17.5 Å². The van der Waals surface area contributed by atoms with Crippen LogP contribution in [0.2, 0.25) is 0 Å². The van der Waals surface area contributed by atoms with Gasteiger partial charge in [-0.05, 0) is 24.5 Å². The van der Waals surface area contributed by atoms with Crippen molar-refractivity contribution in [1.82, 2.24) is 5.32 Å². The Labute approximate surface area is 142 Å². The summed E-state index contributed by atoms with van der Waals surface area (Å²) in [6, 6.07) is 22.5. The van der Waals surface area contributed by atoms with Crippen LogP contribution >= 0.6 is 0 Å². The van der Waals surface area contributed by atoms with Gasteiger partial charge in [-0.3, -0.25) is 14.4 Å². The van der Waals surface area contributed by atoms with Gasteiger partial charge in [-0.1, -0.05) is 60.7 Å². The maximum atomic E-state index is 9.28. The van der Waals surface area contributed by atoms with Gasteiger partial charge in [0.15, 0.2) is 0 Å². The molecule has 0 amide bonds. The molecule has 128 valence electrons. The van der Waals surface area contributed by atoms with Gasteiger partial charge in [0.05, 0.1) is 6.07 Å². The molecule has 2 atom stereocenters. The number of nitrogens with one attached hydrogen (secondary N) is 1. The Morgan fingerprint density at radius 2 is 1.50 bits per heavy atom. The fourth-order valence-corrected chi connectivity index (χ4v) is 2.16. The van der Waals surface area contributed by atoms with Gasteiger partial charge in [0.1, 0.15) is 6.04 Å². The highest BCUT2D eigenvalue weighted by Crippen LogP contribution is 2.13. The van der Waals surface area contributed by atoms with Crippen molar-refractivity contribution in [3.05, 3.63) is 71.8 Å². The SMILES string of the molecule is CC(Cc1ccccc1)NC(C#N)c1ccccc1.O=S(=O)(O)O. The van der Waals surface area contributed by atoms with Crippen LogP contribution in [0.15, 0.2) is 60.7 Å². The largest absolute Gasteiger partial charge is 0.394 e. The van der Waals surface area contributed by atoms with Crippen LogP contribution in [0, 0.1) is 11.3 Å². The van der Waals surface area contributed by atoms with E-state index in [1.54, 1.807) is 0 Å². The molecule has 2 unspecified atom stereocenters. The quantitative estimate of drug-likeness (QED) is 0.717. The maximum Gasteiger partial charge on any atom is 0.394 e.